The van der Waals surface area contributed by atoms with Gasteiger partial charge < -0.3 is 0 Å². The van der Waals surface area contributed by atoms with Crippen molar-refractivity contribution in [3.8, 4) is 22.4 Å². The lowest BCUT2D eigenvalue weighted by molar-refractivity contribution is 0.583. The molecule has 22 heavy (non-hydrogen) atoms. The van der Waals surface area contributed by atoms with E-state index >= 15 is 0 Å². The van der Waals surface area contributed by atoms with Crippen LogP contribution < -0.4 is 0 Å². The summed E-state index contributed by atoms with van der Waals surface area (Å²) in [6.45, 7) is 0. The van der Waals surface area contributed by atoms with Gasteiger partial charge in [-0.15, -0.1) is 0 Å². The van der Waals surface area contributed by atoms with Gasteiger partial charge in [0.05, 0.1) is 5.69 Å². The maximum Gasteiger partial charge on any atom is 0.126 e. The molecule has 1 aromatic heterocycles. The Labute approximate surface area is 123 Å². The van der Waals surface area contributed by atoms with E-state index in [1.807, 2.05) is 0 Å². The third-order valence-electron chi connectivity index (χ3n) is 3.12. The first-order valence-corrected chi connectivity index (χ1v) is 6.40. The monoisotopic (exact) mass is 303 g/mol. The third kappa shape index (κ3) is 2.98. The van der Waals surface area contributed by atoms with E-state index in [1.54, 1.807) is 6.07 Å². The fourth-order valence-corrected chi connectivity index (χ4v) is 2.16. The summed E-state index contributed by atoms with van der Waals surface area (Å²) in [6.07, 6.45) is 1.40. The van der Waals surface area contributed by atoms with E-state index in [9.17, 15) is 17.6 Å². The Balaban J connectivity index is 1.98. The smallest absolute Gasteiger partial charge is 0.126 e. The number of pyridine rings is 1. The fourth-order valence-electron chi connectivity index (χ4n) is 2.16. The quantitative estimate of drug-likeness (QED) is 0.609. The Morgan fingerprint density at radius 2 is 1.05 bits per heavy atom. The maximum absolute atomic E-state index is 13.2. The highest BCUT2D eigenvalue weighted by Crippen LogP contribution is 2.25. The average molecular weight is 303 g/mol. The Morgan fingerprint density at radius 1 is 0.545 bits per heavy atom. The average Bonchev–Trinajstić information content (AvgIpc) is 2.45. The van der Waals surface area contributed by atoms with Gasteiger partial charge >= 0.3 is 0 Å². The molecule has 0 atom stereocenters. The van der Waals surface area contributed by atoms with Crippen LogP contribution >= 0.6 is 0 Å². The molecule has 0 aliphatic rings. The van der Waals surface area contributed by atoms with Gasteiger partial charge in [0, 0.05) is 29.5 Å². The lowest BCUT2D eigenvalue weighted by Gasteiger charge is -2.05. The predicted molar refractivity (Wildman–Crippen MR) is 74.9 cm³/mol. The summed E-state index contributed by atoms with van der Waals surface area (Å²) in [5.74, 6) is -2.78. The van der Waals surface area contributed by atoms with Crippen LogP contribution in [0.4, 0.5) is 17.6 Å². The lowest BCUT2D eigenvalue weighted by atomic mass is 10.1. The molecule has 5 heteroatoms. The molecule has 1 heterocycles. The first-order chi connectivity index (χ1) is 10.5. The Hall–Kier alpha value is -2.69. The minimum absolute atomic E-state index is 0.287. The molecule has 0 saturated carbocycles. The van der Waals surface area contributed by atoms with Crippen molar-refractivity contribution in [1.82, 2.24) is 4.98 Å². The van der Waals surface area contributed by atoms with Gasteiger partial charge in [-0.25, -0.2) is 17.6 Å². The van der Waals surface area contributed by atoms with Crippen LogP contribution in [0.25, 0.3) is 22.4 Å². The van der Waals surface area contributed by atoms with E-state index in [2.05, 4.69) is 4.98 Å². The van der Waals surface area contributed by atoms with Crippen LogP contribution in [0.1, 0.15) is 0 Å². The first kappa shape index (κ1) is 14.3. The molecule has 0 aliphatic heterocycles. The first-order valence-electron chi connectivity index (χ1n) is 6.40. The van der Waals surface area contributed by atoms with E-state index in [1.165, 1.54) is 24.4 Å². The summed E-state index contributed by atoms with van der Waals surface area (Å²) in [5.41, 5.74) is 1.48. The summed E-state index contributed by atoms with van der Waals surface area (Å²) >= 11 is 0. The molecule has 0 aliphatic carbocycles. The second-order valence-corrected chi connectivity index (χ2v) is 4.75. The van der Waals surface area contributed by atoms with Gasteiger partial charge in [-0.1, -0.05) is 6.07 Å². The van der Waals surface area contributed by atoms with Crippen molar-refractivity contribution < 1.29 is 17.6 Å². The highest BCUT2D eigenvalue weighted by Gasteiger charge is 2.07. The van der Waals surface area contributed by atoms with Gasteiger partial charge in [-0.2, -0.15) is 0 Å². The van der Waals surface area contributed by atoms with E-state index in [-0.39, 0.29) is 5.56 Å². The van der Waals surface area contributed by atoms with Gasteiger partial charge in [0.1, 0.15) is 23.3 Å². The fraction of sp³-hybridized carbons (Fsp3) is 0. The van der Waals surface area contributed by atoms with Crippen LogP contribution in [0.3, 0.4) is 0 Å². The van der Waals surface area contributed by atoms with E-state index < -0.39 is 23.3 Å². The van der Waals surface area contributed by atoms with Crippen molar-refractivity contribution in [2.45, 2.75) is 0 Å². The molecule has 2 aromatic carbocycles. The van der Waals surface area contributed by atoms with Gasteiger partial charge in [0.15, 0.2) is 0 Å². The summed E-state index contributed by atoms with van der Waals surface area (Å²) in [5, 5.41) is 0. The molecule has 0 N–H and O–H groups in total. The number of halogens is 4. The third-order valence-corrected chi connectivity index (χ3v) is 3.12. The number of benzene rings is 2. The zero-order valence-electron chi connectivity index (χ0n) is 11.2. The van der Waals surface area contributed by atoms with E-state index in [0.29, 0.717) is 16.8 Å². The maximum atomic E-state index is 13.2. The topological polar surface area (TPSA) is 12.9 Å². The van der Waals surface area contributed by atoms with Crippen molar-refractivity contribution in [2.75, 3.05) is 0 Å². The van der Waals surface area contributed by atoms with E-state index in [0.717, 1.165) is 24.3 Å². The Bertz CT molecular complexity index is 718. The minimum Gasteiger partial charge on any atom is -0.256 e. The molecular weight excluding hydrogens is 294 g/mol. The highest BCUT2D eigenvalue weighted by molar-refractivity contribution is 5.66. The number of nitrogens with zero attached hydrogens (tertiary/aromatic N) is 1. The molecule has 1 nitrogen and oxygen atoms in total. The molecule has 0 spiro atoms. The molecule has 0 fully saturated rings. The number of aromatic nitrogens is 1. The Morgan fingerprint density at radius 3 is 1.50 bits per heavy atom. The second kappa shape index (κ2) is 5.60. The normalized spacial score (nSPS) is 10.7. The highest BCUT2D eigenvalue weighted by atomic mass is 19.1. The molecule has 0 amide bonds. The van der Waals surface area contributed by atoms with Crippen molar-refractivity contribution in [1.29, 1.82) is 0 Å². The van der Waals surface area contributed by atoms with Gasteiger partial charge in [0.25, 0.3) is 0 Å². The summed E-state index contributed by atoms with van der Waals surface area (Å²) in [6, 6.07) is 9.35. The summed E-state index contributed by atoms with van der Waals surface area (Å²) < 4.78 is 52.8. The predicted octanol–water partition coefficient (Wildman–Crippen LogP) is 4.97. The summed E-state index contributed by atoms with van der Waals surface area (Å²) in [4.78, 5) is 4.09. The molecular formula is C17H9F4N. The van der Waals surface area contributed by atoms with Crippen molar-refractivity contribution >= 4 is 0 Å². The second-order valence-electron chi connectivity index (χ2n) is 4.75. The number of hydrogen-bond donors (Lipinski definition) is 0. The minimum atomic E-state index is -0.701. The van der Waals surface area contributed by atoms with Gasteiger partial charge in [0.2, 0.25) is 0 Å². The van der Waals surface area contributed by atoms with Crippen LogP contribution in [0.15, 0.2) is 54.7 Å². The summed E-state index contributed by atoms with van der Waals surface area (Å²) in [7, 11) is 0. The Kier molecular flexibility index (Phi) is 3.63. The zero-order chi connectivity index (χ0) is 15.7. The van der Waals surface area contributed by atoms with Crippen molar-refractivity contribution in [3.63, 3.8) is 0 Å². The molecule has 0 bridgehead atoms. The molecule has 3 aromatic rings. The standard InChI is InChI=1S/C17H9F4N/c18-13-3-11(4-14(19)7-13)10-1-2-17(22-9-10)12-5-15(20)8-16(21)6-12/h1-9H. The van der Waals surface area contributed by atoms with Gasteiger partial charge in [-0.05, 0) is 35.9 Å². The van der Waals surface area contributed by atoms with Crippen molar-refractivity contribution in [2.24, 2.45) is 0 Å². The molecule has 110 valence electrons. The van der Waals surface area contributed by atoms with Crippen LogP contribution in [-0.4, -0.2) is 4.98 Å². The molecule has 3 rings (SSSR count). The van der Waals surface area contributed by atoms with Crippen LogP contribution in [0.2, 0.25) is 0 Å². The largest absolute Gasteiger partial charge is 0.256 e. The van der Waals surface area contributed by atoms with E-state index in [4.69, 9.17) is 0 Å². The number of hydrogen-bond acceptors (Lipinski definition) is 1. The van der Waals surface area contributed by atoms with Crippen LogP contribution in [0.5, 0.6) is 0 Å². The van der Waals surface area contributed by atoms with Crippen molar-refractivity contribution in [3.05, 3.63) is 78.0 Å². The lowest BCUT2D eigenvalue weighted by Crippen LogP contribution is -1.89. The van der Waals surface area contributed by atoms with Crippen LogP contribution in [0, 0.1) is 23.3 Å². The SMILES string of the molecule is Fc1cc(F)cc(-c2ccc(-c3cc(F)cc(F)c3)nc2)c1. The molecule has 0 saturated heterocycles. The van der Waals surface area contributed by atoms with Gasteiger partial charge in [-0.3, -0.25) is 4.98 Å². The molecule has 0 radical (unpaired) electrons. The molecule has 0 unspecified atom stereocenters. The zero-order valence-corrected chi connectivity index (χ0v) is 11.2. The number of rotatable bonds is 2. The van der Waals surface area contributed by atoms with Crippen LogP contribution in [-0.2, 0) is 0 Å².